The highest BCUT2D eigenvalue weighted by Crippen LogP contribution is 2.41. The minimum Gasteiger partial charge on any atom is -0.486 e. The summed E-state index contributed by atoms with van der Waals surface area (Å²) in [7, 11) is 0. The molecular weight excluding hydrogens is 847 g/mol. The molecule has 0 radical (unpaired) electrons. The summed E-state index contributed by atoms with van der Waals surface area (Å²) in [6.45, 7) is 7.07. The van der Waals surface area contributed by atoms with Gasteiger partial charge in [0.1, 0.15) is 73.5 Å². The van der Waals surface area contributed by atoms with Crippen LogP contribution in [-0.2, 0) is 25.5 Å². The van der Waals surface area contributed by atoms with Crippen molar-refractivity contribution in [2.75, 3.05) is 56.0 Å². The number of pyridine rings is 2. The standard InChI is InChI=1S/C20H18N4O4.C19H16N4O4.CH3I/c1-3-26-20(25)11(2)18-13(9-21)17(14(10-22)19(23)24-18)12-4-5-15-16(8-12)28-7-6-27-15;1-2-25-17(24)8-14-12(9-20)18(13(10-21)19(22)23-14)11-3-4-15-16(7-11)27-6-5-26-15;1-2/h4-5,8,11H,3,6-7H2,1-2H3,(H2,23,24);3-4,7H,2,5-6,8H2,1H3,(H2,22,23);1H3. The highest BCUT2D eigenvalue weighted by Gasteiger charge is 2.29. The Morgan fingerprint density at radius 3 is 1.60 bits per heavy atom. The molecule has 1 unspecified atom stereocenters. The number of halogens is 1. The maximum absolute atomic E-state index is 12.2. The van der Waals surface area contributed by atoms with Crippen LogP contribution >= 0.6 is 22.6 Å². The molecule has 16 nitrogen and oxygen atoms in total. The Hall–Kier alpha value is -6.83. The van der Waals surface area contributed by atoms with Crippen molar-refractivity contribution in [3.05, 3.63) is 70.0 Å². The Balaban J connectivity index is 0.000000242. The van der Waals surface area contributed by atoms with Crippen LogP contribution in [0.5, 0.6) is 23.0 Å². The molecule has 0 aliphatic carbocycles. The van der Waals surface area contributed by atoms with E-state index in [-0.39, 0.29) is 64.9 Å². The van der Waals surface area contributed by atoms with Crippen LogP contribution in [0.25, 0.3) is 22.3 Å². The maximum atomic E-state index is 12.2. The van der Waals surface area contributed by atoms with Crippen LogP contribution in [0.2, 0.25) is 0 Å². The number of rotatable bonds is 8. The van der Waals surface area contributed by atoms with Crippen molar-refractivity contribution in [1.29, 1.82) is 21.0 Å². The van der Waals surface area contributed by atoms with Crippen molar-refractivity contribution < 1.29 is 38.0 Å². The molecule has 0 spiro atoms. The lowest BCUT2D eigenvalue weighted by Gasteiger charge is -2.20. The first-order valence-electron chi connectivity index (χ1n) is 17.4. The number of anilines is 2. The zero-order valence-electron chi connectivity index (χ0n) is 31.5. The third-order valence-corrected chi connectivity index (χ3v) is 8.33. The molecule has 2 aliphatic rings. The Morgan fingerprint density at radius 1 is 0.702 bits per heavy atom. The minimum atomic E-state index is -0.819. The quantitative estimate of drug-likeness (QED) is 0.125. The Morgan fingerprint density at radius 2 is 1.14 bits per heavy atom. The SMILES string of the molecule is CCOC(=O)C(C)c1nc(N)c(C#N)c(-c2ccc3c(c2)OCCO3)c1C#N.CCOC(=O)Cc1nc(N)c(C#N)c(-c2ccc3c(c2)OCCO3)c1C#N.CI. The smallest absolute Gasteiger partial charge is 0.314 e. The molecule has 4 N–H and O–H groups in total. The van der Waals surface area contributed by atoms with Gasteiger partial charge in [0, 0.05) is 11.1 Å². The second-order valence-corrected chi connectivity index (χ2v) is 11.7. The van der Waals surface area contributed by atoms with E-state index in [1.54, 1.807) is 57.2 Å². The van der Waals surface area contributed by atoms with Gasteiger partial charge in [-0.1, -0.05) is 34.7 Å². The van der Waals surface area contributed by atoms with Gasteiger partial charge in [0.15, 0.2) is 23.0 Å². The number of carbonyl (C=O) groups is 2. The van der Waals surface area contributed by atoms with E-state index < -0.39 is 17.9 Å². The summed E-state index contributed by atoms with van der Waals surface area (Å²) in [6.07, 6.45) is -0.218. The number of nitriles is 4. The second-order valence-electron chi connectivity index (χ2n) is 11.7. The molecule has 292 valence electrons. The summed E-state index contributed by atoms with van der Waals surface area (Å²) in [5, 5.41) is 38.7. The fourth-order valence-electron chi connectivity index (χ4n) is 5.88. The van der Waals surface area contributed by atoms with E-state index in [2.05, 4.69) is 38.6 Å². The molecule has 17 heteroatoms. The number of hydrogen-bond donors (Lipinski definition) is 2. The third kappa shape index (κ3) is 9.53. The van der Waals surface area contributed by atoms with Crippen molar-refractivity contribution >= 4 is 46.2 Å². The van der Waals surface area contributed by atoms with Crippen molar-refractivity contribution in [3.63, 3.8) is 0 Å². The molecule has 2 aromatic carbocycles. The highest BCUT2D eigenvalue weighted by molar-refractivity contribution is 14.1. The topological polar surface area (TPSA) is 262 Å². The van der Waals surface area contributed by atoms with Crippen molar-refractivity contribution in [2.45, 2.75) is 33.1 Å². The van der Waals surface area contributed by atoms with Crippen LogP contribution in [0, 0.1) is 45.3 Å². The van der Waals surface area contributed by atoms with Crippen molar-refractivity contribution in [1.82, 2.24) is 9.97 Å². The van der Waals surface area contributed by atoms with E-state index in [0.717, 1.165) is 0 Å². The molecule has 0 saturated carbocycles. The fourth-order valence-corrected chi connectivity index (χ4v) is 5.88. The predicted octanol–water partition coefficient (Wildman–Crippen LogP) is 5.51. The van der Waals surface area contributed by atoms with E-state index in [1.807, 2.05) is 23.1 Å². The molecule has 0 amide bonds. The van der Waals surface area contributed by atoms with Gasteiger partial charge in [-0.15, -0.1) is 0 Å². The lowest BCUT2D eigenvalue weighted by molar-refractivity contribution is -0.144. The summed E-state index contributed by atoms with van der Waals surface area (Å²) < 4.78 is 32.2. The predicted molar refractivity (Wildman–Crippen MR) is 214 cm³/mol. The summed E-state index contributed by atoms with van der Waals surface area (Å²) in [5.41, 5.74) is 14.3. The number of carbonyl (C=O) groups excluding carboxylic acids is 2. The monoisotopic (exact) mass is 884 g/mol. The number of fused-ring (bicyclic) bond motifs is 2. The molecule has 2 aromatic heterocycles. The largest absolute Gasteiger partial charge is 0.486 e. The zero-order chi connectivity index (χ0) is 41.6. The van der Waals surface area contributed by atoms with Gasteiger partial charge in [-0.25, -0.2) is 9.97 Å². The van der Waals surface area contributed by atoms with Gasteiger partial charge in [0.2, 0.25) is 0 Å². The van der Waals surface area contributed by atoms with Crippen LogP contribution < -0.4 is 30.4 Å². The first-order valence-corrected chi connectivity index (χ1v) is 19.5. The van der Waals surface area contributed by atoms with Gasteiger partial charge in [-0.2, -0.15) is 21.0 Å². The number of nitrogens with zero attached hydrogens (tertiary/aromatic N) is 6. The van der Waals surface area contributed by atoms with E-state index in [0.29, 0.717) is 71.7 Å². The number of benzene rings is 2. The van der Waals surface area contributed by atoms with Crippen LogP contribution in [0.1, 0.15) is 60.3 Å². The zero-order valence-corrected chi connectivity index (χ0v) is 33.6. The number of ether oxygens (including phenoxy) is 6. The fraction of sp³-hybridized carbons (Fsp3) is 0.300. The van der Waals surface area contributed by atoms with E-state index >= 15 is 0 Å². The molecule has 2 aliphatic heterocycles. The van der Waals surface area contributed by atoms with Gasteiger partial charge in [0.25, 0.3) is 0 Å². The first kappa shape index (κ1) is 42.9. The Bertz CT molecular complexity index is 2340. The number of nitrogens with two attached hydrogens (primary N) is 2. The Labute approximate surface area is 342 Å². The normalized spacial score (nSPS) is 12.2. The van der Waals surface area contributed by atoms with Gasteiger partial charge in [-0.05, 0) is 61.1 Å². The van der Waals surface area contributed by atoms with E-state index in [1.165, 1.54) is 0 Å². The van der Waals surface area contributed by atoms with Crippen molar-refractivity contribution in [2.24, 2.45) is 0 Å². The second kappa shape index (κ2) is 20.2. The molecule has 57 heavy (non-hydrogen) atoms. The molecule has 0 fully saturated rings. The van der Waals surface area contributed by atoms with Crippen LogP contribution in [0.15, 0.2) is 36.4 Å². The minimum absolute atomic E-state index is 0.0549. The highest BCUT2D eigenvalue weighted by atomic mass is 127. The molecule has 4 heterocycles. The van der Waals surface area contributed by atoms with E-state index in [9.17, 15) is 30.6 Å². The number of alkyl halides is 1. The number of esters is 2. The van der Waals surface area contributed by atoms with Crippen LogP contribution in [0.3, 0.4) is 0 Å². The molecular formula is C40H37IN8O8. The van der Waals surface area contributed by atoms with Crippen LogP contribution in [-0.4, -0.2) is 66.5 Å². The number of hydrogen-bond acceptors (Lipinski definition) is 16. The number of aromatic nitrogens is 2. The van der Waals surface area contributed by atoms with Crippen LogP contribution in [0.4, 0.5) is 11.6 Å². The average Bonchev–Trinajstić information content (AvgIpc) is 3.23. The van der Waals surface area contributed by atoms with Gasteiger partial charge in [0.05, 0.1) is 48.1 Å². The summed E-state index contributed by atoms with van der Waals surface area (Å²) in [6, 6.07) is 18.3. The summed E-state index contributed by atoms with van der Waals surface area (Å²) in [4.78, 5) is 34.3. The first-order chi connectivity index (χ1) is 27.6. The average molecular weight is 885 g/mol. The summed E-state index contributed by atoms with van der Waals surface area (Å²) >= 11 is 2.15. The van der Waals surface area contributed by atoms with Gasteiger partial charge >= 0.3 is 11.9 Å². The molecule has 0 bridgehead atoms. The molecule has 4 aromatic rings. The maximum Gasteiger partial charge on any atom is 0.314 e. The lowest BCUT2D eigenvalue weighted by Crippen LogP contribution is -2.18. The lowest BCUT2D eigenvalue weighted by atomic mass is 9.90. The molecule has 0 saturated heterocycles. The number of nitrogen functional groups attached to an aromatic ring is 2. The van der Waals surface area contributed by atoms with Crippen molar-refractivity contribution in [3.8, 4) is 69.5 Å². The van der Waals surface area contributed by atoms with Gasteiger partial charge < -0.3 is 39.9 Å². The Kier molecular flexibility index (Phi) is 15.2. The summed E-state index contributed by atoms with van der Waals surface area (Å²) in [5.74, 6) is 0.187. The van der Waals surface area contributed by atoms with Gasteiger partial charge in [-0.3, -0.25) is 9.59 Å². The third-order valence-electron chi connectivity index (χ3n) is 8.33. The van der Waals surface area contributed by atoms with E-state index in [4.69, 9.17) is 39.9 Å². The molecule has 1 atom stereocenters. The molecule has 6 rings (SSSR count).